The van der Waals surface area contributed by atoms with E-state index >= 15 is 0 Å². The molecule has 0 fully saturated rings. The third-order valence-corrected chi connectivity index (χ3v) is 4.83. The Hall–Kier alpha value is -2.57. The largest absolute Gasteiger partial charge is 0.508 e. The molecule has 2 atom stereocenters. The average Bonchev–Trinajstić information content (AvgIpc) is 2.75. The van der Waals surface area contributed by atoms with E-state index < -0.39 is 6.10 Å². The summed E-state index contributed by atoms with van der Waals surface area (Å²) < 4.78 is 10.6. The molecule has 2 unspecified atom stereocenters. The Balaban J connectivity index is 1.64. The zero-order valence-corrected chi connectivity index (χ0v) is 17.8. The van der Waals surface area contributed by atoms with Crippen molar-refractivity contribution in [1.82, 2.24) is 5.32 Å². The molecular formula is C24H33NO5. The molecule has 0 spiro atoms. The summed E-state index contributed by atoms with van der Waals surface area (Å²) >= 11 is 0. The van der Waals surface area contributed by atoms with Gasteiger partial charge in [0.25, 0.3) is 0 Å². The topological polar surface area (TPSA) is 88.0 Å². The van der Waals surface area contributed by atoms with Crippen molar-refractivity contribution < 1.29 is 24.5 Å². The van der Waals surface area contributed by atoms with Crippen molar-refractivity contribution in [2.45, 2.75) is 51.7 Å². The van der Waals surface area contributed by atoms with Gasteiger partial charge in [0.1, 0.15) is 11.5 Å². The minimum atomic E-state index is -0.603. The molecule has 0 aliphatic rings. The lowest BCUT2D eigenvalue weighted by molar-refractivity contribution is -0.143. The van der Waals surface area contributed by atoms with E-state index in [9.17, 15) is 15.0 Å². The second-order valence-corrected chi connectivity index (χ2v) is 7.36. The number of carbonyl (C=O) groups is 1. The maximum absolute atomic E-state index is 11.3. The molecule has 0 bridgehead atoms. The van der Waals surface area contributed by atoms with Crippen LogP contribution < -0.4 is 10.1 Å². The summed E-state index contributed by atoms with van der Waals surface area (Å²) in [5, 5.41) is 22.9. The summed E-state index contributed by atoms with van der Waals surface area (Å²) in [7, 11) is 0. The molecule has 0 amide bonds. The minimum absolute atomic E-state index is 0.185. The van der Waals surface area contributed by atoms with Crippen LogP contribution in [0.15, 0.2) is 48.5 Å². The van der Waals surface area contributed by atoms with Crippen LogP contribution in [0.25, 0.3) is 0 Å². The summed E-state index contributed by atoms with van der Waals surface area (Å²) in [6, 6.07) is 14.9. The van der Waals surface area contributed by atoms with Crippen LogP contribution in [0.1, 0.15) is 50.3 Å². The third-order valence-electron chi connectivity index (χ3n) is 4.83. The van der Waals surface area contributed by atoms with Crippen molar-refractivity contribution in [2.75, 3.05) is 19.8 Å². The Kier molecular flexibility index (Phi) is 10.2. The number of hydrogen-bond acceptors (Lipinski definition) is 6. The summed E-state index contributed by atoms with van der Waals surface area (Å²) in [6.07, 6.45) is 2.28. The van der Waals surface area contributed by atoms with E-state index in [4.69, 9.17) is 9.47 Å². The quantitative estimate of drug-likeness (QED) is 0.341. The Morgan fingerprint density at radius 2 is 1.80 bits per heavy atom. The number of phenols is 1. The molecule has 30 heavy (non-hydrogen) atoms. The lowest BCUT2D eigenvalue weighted by Crippen LogP contribution is -2.30. The number of ether oxygens (including phenoxy) is 2. The number of esters is 1. The maximum atomic E-state index is 11.3. The fraction of sp³-hybridized carbons (Fsp3) is 0.458. The van der Waals surface area contributed by atoms with Crippen LogP contribution in [-0.2, 0) is 16.0 Å². The molecule has 2 rings (SSSR count). The predicted octanol–water partition coefficient (Wildman–Crippen LogP) is 3.76. The first kappa shape index (κ1) is 23.7. The van der Waals surface area contributed by atoms with Gasteiger partial charge in [0.05, 0.1) is 19.3 Å². The first-order valence-electron chi connectivity index (χ1n) is 10.6. The van der Waals surface area contributed by atoms with Gasteiger partial charge in [-0.05, 0) is 68.5 Å². The van der Waals surface area contributed by atoms with Crippen molar-refractivity contribution in [1.29, 1.82) is 0 Å². The number of aromatic hydroxyl groups is 1. The maximum Gasteiger partial charge on any atom is 0.305 e. The van der Waals surface area contributed by atoms with Crippen molar-refractivity contribution >= 4 is 5.97 Å². The molecule has 0 aliphatic heterocycles. The number of nitrogens with one attached hydrogen (secondary N) is 1. The van der Waals surface area contributed by atoms with Gasteiger partial charge in [-0.2, -0.15) is 0 Å². The first-order valence-corrected chi connectivity index (χ1v) is 10.6. The number of hydrogen-bond donors (Lipinski definition) is 3. The number of aliphatic hydroxyl groups is 1. The van der Waals surface area contributed by atoms with Gasteiger partial charge in [0, 0.05) is 19.0 Å². The van der Waals surface area contributed by atoms with Gasteiger partial charge in [0.15, 0.2) is 0 Å². The van der Waals surface area contributed by atoms with Crippen molar-refractivity contribution in [3.8, 4) is 11.5 Å². The van der Waals surface area contributed by atoms with Gasteiger partial charge in [-0.15, -0.1) is 0 Å². The number of aliphatic hydroxyl groups excluding tert-OH is 1. The normalized spacial score (nSPS) is 12.9. The number of phenolic OH excluding ortho intramolecular Hbond substituents is 1. The Labute approximate surface area is 178 Å². The highest BCUT2D eigenvalue weighted by molar-refractivity contribution is 5.69. The summed E-state index contributed by atoms with van der Waals surface area (Å²) in [4.78, 5) is 11.3. The van der Waals surface area contributed by atoms with Gasteiger partial charge >= 0.3 is 5.97 Å². The fourth-order valence-electron chi connectivity index (χ4n) is 3.00. The van der Waals surface area contributed by atoms with E-state index in [0.29, 0.717) is 32.6 Å². The molecule has 2 aromatic rings. The van der Waals surface area contributed by atoms with Crippen LogP contribution in [0.4, 0.5) is 0 Å². The second-order valence-electron chi connectivity index (χ2n) is 7.36. The summed E-state index contributed by atoms with van der Waals surface area (Å²) in [5.41, 5.74) is 2.01. The molecule has 0 heterocycles. The van der Waals surface area contributed by atoms with Crippen LogP contribution in [-0.4, -0.2) is 42.0 Å². The van der Waals surface area contributed by atoms with Crippen molar-refractivity contribution in [3.63, 3.8) is 0 Å². The van der Waals surface area contributed by atoms with E-state index in [2.05, 4.69) is 24.4 Å². The van der Waals surface area contributed by atoms with Crippen LogP contribution in [0.2, 0.25) is 0 Å². The first-order chi connectivity index (χ1) is 14.5. The second kappa shape index (κ2) is 12.9. The Morgan fingerprint density at radius 1 is 1.10 bits per heavy atom. The monoisotopic (exact) mass is 415 g/mol. The number of rotatable bonds is 13. The minimum Gasteiger partial charge on any atom is -0.508 e. The van der Waals surface area contributed by atoms with Crippen molar-refractivity contribution in [2.24, 2.45) is 0 Å². The summed E-state index contributed by atoms with van der Waals surface area (Å²) in [5.74, 6) is 0.806. The third kappa shape index (κ3) is 8.84. The molecule has 164 valence electrons. The predicted molar refractivity (Wildman–Crippen MR) is 117 cm³/mol. The van der Waals surface area contributed by atoms with Gasteiger partial charge in [-0.3, -0.25) is 4.79 Å². The smallest absolute Gasteiger partial charge is 0.305 e. The summed E-state index contributed by atoms with van der Waals surface area (Å²) in [6.45, 7) is 5.26. The van der Waals surface area contributed by atoms with E-state index in [0.717, 1.165) is 24.2 Å². The Morgan fingerprint density at radius 3 is 2.47 bits per heavy atom. The SMILES string of the molecule is CCOC(=O)CCCOc1ccc(CCC(C)NCC(O)c2ccc(O)cc2)cc1. The Bertz CT molecular complexity index is 745. The van der Waals surface area contributed by atoms with Crippen LogP contribution in [0.5, 0.6) is 11.5 Å². The van der Waals surface area contributed by atoms with E-state index in [1.165, 1.54) is 5.56 Å². The standard InChI is InChI=1S/C24H33NO5/c1-3-29-24(28)5-4-16-30-22-14-8-19(9-15-22)7-6-18(2)25-17-23(27)20-10-12-21(26)13-11-20/h8-15,18,23,25-27H,3-7,16-17H2,1-2H3. The molecule has 6 nitrogen and oxygen atoms in total. The highest BCUT2D eigenvalue weighted by Gasteiger charge is 2.10. The zero-order valence-electron chi connectivity index (χ0n) is 17.8. The average molecular weight is 416 g/mol. The van der Waals surface area contributed by atoms with E-state index in [-0.39, 0.29) is 17.8 Å². The van der Waals surface area contributed by atoms with Crippen molar-refractivity contribution in [3.05, 3.63) is 59.7 Å². The molecule has 0 saturated carbocycles. The van der Waals surface area contributed by atoms with Gasteiger partial charge < -0.3 is 25.0 Å². The lowest BCUT2D eigenvalue weighted by atomic mass is 10.1. The molecule has 6 heteroatoms. The molecule has 2 aromatic carbocycles. The number of carbonyl (C=O) groups excluding carboxylic acids is 1. The molecule has 0 aliphatic carbocycles. The fourth-order valence-corrected chi connectivity index (χ4v) is 3.00. The van der Waals surface area contributed by atoms with Crippen LogP contribution >= 0.6 is 0 Å². The zero-order chi connectivity index (χ0) is 21.8. The highest BCUT2D eigenvalue weighted by atomic mass is 16.5. The molecule has 0 radical (unpaired) electrons. The number of benzene rings is 2. The molecule has 0 aromatic heterocycles. The highest BCUT2D eigenvalue weighted by Crippen LogP contribution is 2.17. The van der Waals surface area contributed by atoms with Gasteiger partial charge in [-0.25, -0.2) is 0 Å². The molecule has 0 saturated heterocycles. The molecule has 3 N–H and O–H groups in total. The van der Waals surface area contributed by atoms with Gasteiger partial charge in [0.2, 0.25) is 0 Å². The van der Waals surface area contributed by atoms with E-state index in [1.807, 2.05) is 12.1 Å². The van der Waals surface area contributed by atoms with E-state index in [1.54, 1.807) is 31.2 Å². The van der Waals surface area contributed by atoms with Gasteiger partial charge in [-0.1, -0.05) is 24.3 Å². The number of aryl methyl sites for hydroxylation is 1. The van der Waals surface area contributed by atoms with Crippen LogP contribution in [0.3, 0.4) is 0 Å². The van der Waals surface area contributed by atoms with Crippen LogP contribution in [0, 0.1) is 0 Å². The lowest BCUT2D eigenvalue weighted by Gasteiger charge is -2.17. The molecular weight excluding hydrogens is 382 g/mol.